The molecule has 4 rings (SSSR count). The Morgan fingerprint density at radius 1 is 1.39 bits per heavy atom. The predicted molar refractivity (Wildman–Crippen MR) is 91.7 cm³/mol. The summed E-state index contributed by atoms with van der Waals surface area (Å²) in [5, 5.41) is 5.18. The van der Waals surface area contributed by atoms with Crippen molar-refractivity contribution >= 4 is 45.1 Å². The molecule has 2 saturated carbocycles. The Kier molecular flexibility index (Phi) is 3.85. The van der Waals surface area contributed by atoms with E-state index >= 15 is 0 Å². The molecule has 3 atom stereocenters. The number of hydrogen-bond donors (Lipinski definition) is 1. The van der Waals surface area contributed by atoms with Crippen LogP contribution in [0.5, 0.6) is 0 Å². The van der Waals surface area contributed by atoms with Crippen molar-refractivity contribution in [1.82, 2.24) is 5.43 Å². The van der Waals surface area contributed by atoms with Crippen molar-refractivity contribution in [2.45, 2.75) is 25.7 Å². The van der Waals surface area contributed by atoms with Gasteiger partial charge in [-0.25, -0.2) is 9.82 Å². The molecule has 120 valence electrons. The smallest absolute Gasteiger partial charge is 0.266 e. The highest BCUT2D eigenvalue weighted by molar-refractivity contribution is 7.21. The molecule has 1 aromatic carbocycles. The second kappa shape index (κ2) is 5.87. The molecule has 0 aliphatic heterocycles. The van der Waals surface area contributed by atoms with Crippen LogP contribution >= 0.6 is 22.9 Å². The standard InChI is InChI=1S/C17H16ClFN2OS/c18-15-13-4-3-12(19)7-14(13)23-16(15)17(22)21-20-8-11-6-9-1-2-10(11)5-9/h3-4,7-11H,1-2,5-6H2,(H,21,22)/b20-8-/t9-,10-,11+/m1/s1. The van der Waals surface area contributed by atoms with E-state index in [1.54, 1.807) is 6.07 Å². The minimum atomic E-state index is -0.337. The van der Waals surface area contributed by atoms with Crippen LogP contribution < -0.4 is 5.43 Å². The Labute approximate surface area is 142 Å². The van der Waals surface area contributed by atoms with Gasteiger partial charge in [0.1, 0.15) is 10.7 Å². The number of hydrogen-bond acceptors (Lipinski definition) is 3. The van der Waals surface area contributed by atoms with Crippen LogP contribution in [0.3, 0.4) is 0 Å². The second-order valence-corrected chi connectivity index (χ2v) is 7.87. The van der Waals surface area contributed by atoms with Crippen molar-refractivity contribution in [2.75, 3.05) is 0 Å². The third kappa shape index (κ3) is 2.76. The zero-order valence-electron chi connectivity index (χ0n) is 12.4. The molecule has 1 amide bonds. The van der Waals surface area contributed by atoms with Gasteiger partial charge in [-0.05, 0) is 55.2 Å². The van der Waals surface area contributed by atoms with Crippen molar-refractivity contribution < 1.29 is 9.18 Å². The van der Waals surface area contributed by atoms with E-state index in [9.17, 15) is 9.18 Å². The molecule has 1 N–H and O–H groups in total. The predicted octanol–water partition coefficient (Wildman–Crippen LogP) is 4.85. The van der Waals surface area contributed by atoms with Crippen LogP contribution in [0.1, 0.15) is 35.4 Å². The summed E-state index contributed by atoms with van der Waals surface area (Å²) in [5.41, 5.74) is 2.56. The summed E-state index contributed by atoms with van der Waals surface area (Å²) >= 11 is 7.42. The van der Waals surface area contributed by atoms with E-state index in [1.165, 1.54) is 49.2 Å². The fraction of sp³-hybridized carbons (Fsp3) is 0.412. The first-order valence-corrected chi connectivity index (χ1v) is 9.02. The van der Waals surface area contributed by atoms with Crippen LogP contribution in [-0.2, 0) is 0 Å². The number of carbonyl (C=O) groups is 1. The minimum Gasteiger partial charge on any atom is -0.266 e. The fourth-order valence-corrected chi connectivity index (χ4v) is 5.34. The Morgan fingerprint density at radius 2 is 2.26 bits per heavy atom. The van der Waals surface area contributed by atoms with Crippen LogP contribution in [0.25, 0.3) is 10.1 Å². The van der Waals surface area contributed by atoms with Crippen molar-refractivity contribution in [2.24, 2.45) is 22.9 Å². The lowest BCUT2D eigenvalue weighted by molar-refractivity contribution is 0.0959. The summed E-state index contributed by atoms with van der Waals surface area (Å²) in [5.74, 6) is 1.39. The van der Waals surface area contributed by atoms with Gasteiger partial charge in [-0.2, -0.15) is 5.10 Å². The van der Waals surface area contributed by atoms with Crippen LogP contribution in [-0.4, -0.2) is 12.1 Å². The third-order valence-corrected chi connectivity index (χ3v) is 6.68. The van der Waals surface area contributed by atoms with Gasteiger partial charge < -0.3 is 0 Å². The van der Waals surface area contributed by atoms with Crippen LogP contribution in [0.4, 0.5) is 4.39 Å². The molecule has 6 heteroatoms. The van der Waals surface area contributed by atoms with E-state index in [1.807, 2.05) is 6.21 Å². The summed E-state index contributed by atoms with van der Waals surface area (Å²) in [6.45, 7) is 0. The summed E-state index contributed by atoms with van der Waals surface area (Å²) in [6.07, 6.45) is 6.99. The summed E-state index contributed by atoms with van der Waals surface area (Å²) in [6, 6.07) is 4.33. The van der Waals surface area contributed by atoms with E-state index in [2.05, 4.69) is 10.5 Å². The number of benzene rings is 1. The Bertz CT molecular complexity index is 803. The molecule has 3 nitrogen and oxygen atoms in total. The number of thiophene rings is 1. The van der Waals surface area contributed by atoms with E-state index in [-0.39, 0.29) is 11.7 Å². The number of rotatable bonds is 3. The molecule has 0 unspecified atom stereocenters. The number of fused-ring (bicyclic) bond motifs is 3. The zero-order chi connectivity index (χ0) is 16.0. The molecule has 0 radical (unpaired) electrons. The molecule has 2 aliphatic carbocycles. The molecule has 2 fully saturated rings. The Morgan fingerprint density at radius 3 is 3.00 bits per heavy atom. The second-order valence-electron chi connectivity index (χ2n) is 6.44. The number of carbonyl (C=O) groups excluding carboxylic acids is 1. The van der Waals surface area contributed by atoms with Gasteiger partial charge in [-0.15, -0.1) is 11.3 Å². The number of halogens is 2. The van der Waals surface area contributed by atoms with Gasteiger partial charge >= 0.3 is 0 Å². The van der Waals surface area contributed by atoms with Crippen molar-refractivity contribution in [3.05, 3.63) is 33.9 Å². The molecular weight excluding hydrogens is 335 g/mol. The highest BCUT2D eigenvalue weighted by Gasteiger charge is 2.38. The van der Waals surface area contributed by atoms with Gasteiger partial charge in [-0.1, -0.05) is 18.0 Å². The summed E-state index contributed by atoms with van der Waals surface area (Å²) in [7, 11) is 0. The summed E-state index contributed by atoms with van der Waals surface area (Å²) < 4.78 is 13.9. The summed E-state index contributed by atoms with van der Waals surface area (Å²) in [4.78, 5) is 12.6. The molecule has 1 aromatic heterocycles. The van der Waals surface area contributed by atoms with Crippen molar-refractivity contribution in [3.63, 3.8) is 0 Å². The Hall–Kier alpha value is -1.46. The molecular formula is C17H16ClFN2OS. The number of amides is 1. The van der Waals surface area contributed by atoms with Gasteiger partial charge in [0.15, 0.2) is 0 Å². The molecule has 0 spiro atoms. The first-order chi connectivity index (χ1) is 11.1. The van der Waals surface area contributed by atoms with Crippen LogP contribution in [0, 0.1) is 23.6 Å². The topological polar surface area (TPSA) is 41.5 Å². The van der Waals surface area contributed by atoms with E-state index in [0.717, 1.165) is 11.8 Å². The number of nitrogens with one attached hydrogen (secondary N) is 1. The normalized spacial score (nSPS) is 26.4. The molecule has 2 aliphatic rings. The van der Waals surface area contributed by atoms with Gasteiger partial charge in [-0.3, -0.25) is 4.79 Å². The van der Waals surface area contributed by atoms with E-state index in [4.69, 9.17) is 11.6 Å². The largest absolute Gasteiger partial charge is 0.282 e. The first-order valence-electron chi connectivity index (χ1n) is 7.83. The molecule has 23 heavy (non-hydrogen) atoms. The maximum atomic E-state index is 13.3. The maximum absolute atomic E-state index is 13.3. The molecule has 0 saturated heterocycles. The lowest BCUT2D eigenvalue weighted by Crippen LogP contribution is -2.19. The molecule has 2 aromatic rings. The van der Waals surface area contributed by atoms with E-state index in [0.29, 0.717) is 25.9 Å². The van der Waals surface area contributed by atoms with Crippen molar-refractivity contribution in [1.29, 1.82) is 0 Å². The van der Waals surface area contributed by atoms with Gasteiger partial charge in [0.2, 0.25) is 0 Å². The monoisotopic (exact) mass is 350 g/mol. The van der Waals surface area contributed by atoms with Crippen LogP contribution in [0.15, 0.2) is 23.3 Å². The van der Waals surface area contributed by atoms with E-state index < -0.39 is 0 Å². The SMILES string of the molecule is O=C(N/N=C\[C@@H]1C[C@@H]2CC[C@@H]1C2)c1sc2cc(F)ccc2c1Cl. The minimum absolute atomic E-state index is 0.336. The van der Waals surface area contributed by atoms with Gasteiger partial charge in [0.05, 0.1) is 5.02 Å². The number of nitrogens with zero attached hydrogens (tertiary/aromatic N) is 1. The highest BCUT2D eigenvalue weighted by Crippen LogP contribution is 2.47. The molecule has 2 bridgehead atoms. The van der Waals surface area contributed by atoms with Gasteiger partial charge in [0.25, 0.3) is 5.91 Å². The van der Waals surface area contributed by atoms with Crippen LogP contribution in [0.2, 0.25) is 5.02 Å². The zero-order valence-corrected chi connectivity index (χ0v) is 14.0. The fourth-order valence-electron chi connectivity index (χ4n) is 3.90. The average molecular weight is 351 g/mol. The number of hydrazone groups is 1. The molecule has 1 heterocycles. The maximum Gasteiger partial charge on any atom is 0.282 e. The lowest BCUT2D eigenvalue weighted by Gasteiger charge is -2.16. The van der Waals surface area contributed by atoms with Gasteiger partial charge in [0, 0.05) is 16.3 Å². The lowest BCUT2D eigenvalue weighted by atomic mass is 9.90. The first kappa shape index (κ1) is 15.1. The third-order valence-electron chi connectivity index (χ3n) is 5.02. The average Bonchev–Trinajstić information content (AvgIpc) is 3.22. The van der Waals surface area contributed by atoms with Crippen molar-refractivity contribution in [3.8, 4) is 0 Å². The quantitative estimate of drug-likeness (QED) is 0.624. The highest BCUT2D eigenvalue weighted by atomic mass is 35.5. The Balaban J connectivity index is 1.48.